The molecule has 1 aliphatic rings. The number of rotatable bonds is 4. The van der Waals surface area contributed by atoms with Gasteiger partial charge in [-0.15, -0.1) is 0 Å². The maximum atomic E-state index is 12.1. The lowest BCUT2D eigenvalue weighted by molar-refractivity contribution is -0.130. The van der Waals surface area contributed by atoms with Crippen LogP contribution in [0.5, 0.6) is 0 Å². The molecule has 1 aromatic rings. The number of anilines is 1. The number of carbonyl (C=O) groups is 1. The first-order chi connectivity index (χ1) is 9.90. The lowest BCUT2D eigenvalue weighted by atomic mass is 10.1. The zero-order chi connectivity index (χ0) is 15.5. The highest BCUT2D eigenvalue weighted by Gasteiger charge is 2.22. The largest absolute Gasteiger partial charge is 0.399 e. The molecule has 1 heterocycles. The van der Waals surface area contributed by atoms with Gasteiger partial charge in [-0.1, -0.05) is 11.6 Å². The fourth-order valence-electron chi connectivity index (χ4n) is 2.22. The van der Waals surface area contributed by atoms with Crippen molar-refractivity contribution in [2.75, 3.05) is 25.4 Å². The molecule has 1 saturated heterocycles. The van der Waals surface area contributed by atoms with Crippen molar-refractivity contribution in [2.24, 2.45) is 0 Å². The van der Waals surface area contributed by atoms with E-state index in [4.69, 9.17) is 17.3 Å². The van der Waals surface area contributed by atoms with Crippen molar-refractivity contribution in [2.45, 2.75) is 24.2 Å². The molecule has 1 aromatic carbocycles. The summed E-state index contributed by atoms with van der Waals surface area (Å²) >= 11 is 5.88. The van der Waals surface area contributed by atoms with Crippen LogP contribution in [0.3, 0.4) is 0 Å². The third kappa shape index (κ3) is 4.09. The number of nitrogens with one attached hydrogen (secondary N) is 1. The monoisotopic (exact) mass is 331 g/mol. The van der Waals surface area contributed by atoms with Crippen molar-refractivity contribution in [3.05, 3.63) is 23.2 Å². The summed E-state index contributed by atoms with van der Waals surface area (Å²) in [5, 5.41) is 0.0351. The molecule has 0 unspecified atom stereocenters. The maximum absolute atomic E-state index is 12.1. The van der Waals surface area contributed by atoms with Gasteiger partial charge < -0.3 is 10.6 Å². The Morgan fingerprint density at radius 3 is 2.57 bits per heavy atom. The van der Waals surface area contributed by atoms with Crippen LogP contribution < -0.4 is 10.5 Å². The molecule has 0 radical (unpaired) electrons. The number of amides is 1. The van der Waals surface area contributed by atoms with Gasteiger partial charge in [0.1, 0.15) is 4.90 Å². The molecule has 8 heteroatoms. The third-order valence-electron chi connectivity index (χ3n) is 3.37. The van der Waals surface area contributed by atoms with Gasteiger partial charge in [0.05, 0.1) is 11.6 Å². The van der Waals surface area contributed by atoms with Crippen molar-refractivity contribution < 1.29 is 13.2 Å². The van der Waals surface area contributed by atoms with E-state index in [0.717, 1.165) is 19.3 Å². The highest BCUT2D eigenvalue weighted by Crippen LogP contribution is 2.23. The molecule has 0 atom stereocenters. The number of piperidine rings is 1. The molecule has 1 amide bonds. The lowest BCUT2D eigenvalue weighted by Gasteiger charge is -2.26. The molecule has 21 heavy (non-hydrogen) atoms. The van der Waals surface area contributed by atoms with Gasteiger partial charge >= 0.3 is 0 Å². The van der Waals surface area contributed by atoms with E-state index in [9.17, 15) is 13.2 Å². The summed E-state index contributed by atoms with van der Waals surface area (Å²) < 4.78 is 26.6. The first kappa shape index (κ1) is 16.1. The van der Waals surface area contributed by atoms with Gasteiger partial charge in [0.15, 0.2) is 0 Å². The molecule has 3 N–H and O–H groups in total. The smallest absolute Gasteiger partial charge is 0.242 e. The molecule has 0 aliphatic carbocycles. The Morgan fingerprint density at radius 2 is 1.95 bits per heavy atom. The highest BCUT2D eigenvalue weighted by molar-refractivity contribution is 7.89. The average Bonchev–Trinajstić information content (AvgIpc) is 2.45. The predicted molar refractivity (Wildman–Crippen MR) is 81.5 cm³/mol. The van der Waals surface area contributed by atoms with Gasteiger partial charge in [-0.05, 0) is 37.5 Å². The summed E-state index contributed by atoms with van der Waals surface area (Å²) in [4.78, 5) is 13.6. The molecule has 0 aromatic heterocycles. The van der Waals surface area contributed by atoms with Crippen molar-refractivity contribution >= 4 is 33.2 Å². The predicted octanol–water partition coefficient (Wildman–Crippen LogP) is 1.21. The second kappa shape index (κ2) is 6.64. The summed E-state index contributed by atoms with van der Waals surface area (Å²) in [6.45, 7) is 1.11. The number of nitrogen functional groups attached to an aromatic ring is 1. The zero-order valence-corrected chi connectivity index (χ0v) is 13.1. The standard InChI is InChI=1S/C13H18ClN3O3S/c14-11-8-10(15)4-5-12(11)21(19,20)16-9-13(18)17-6-2-1-3-7-17/h4-5,8,16H,1-3,6-7,9,15H2. The maximum Gasteiger partial charge on any atom is 0.242 e. The number of likely N-dealkylation sites (tertiary alicyclic amines) is 1. The summed E-state index contributed by atoms with van der Waals surface area (Å²) in [7, 11) is -3.83. The minimum Gasteiger partial charge on any atom is -0.399 e. The summed E-state index contributed by atoms with van der Waals surface area (Å²) in [5.41, 5.74) is 5.91. The number of nitrogens with two attached hydrogens (primary N) is 1. The van der Waals surface area contributed by atoms with Crippen LogP contribution in [0.4, 0.5) is 5.69 Å². The van der Waals surface area contributed by atoms with E-state index in [0.29, 0.717) is 18.8 Å². The second-order valence-electron chi connectivity index (χ2n) is 4.96. The molecule has 0 bridgehead atoms. The van der Waals surface area contributed by atoms with Gasteiger partial charge in [-0.25, -0.2) is 13.1 Å². The van der Waals surface area contributed by atoms with Crippen LogP contribution in [0, 0.1) is 0 Å². The molecule has 0 saturated carbocycles. The van der Waals surface area contributed by atoms with Gasteiger partial charge in [0.25, 0.3) is 0 Å². The SMILES string of the molecule is Nc1ccc(S(=O)(=O)NCC(=O)N2CCCCC2)c(Cl)c1. The minimum absolute atomic E-state index is 0.0351. The molecular weight excluding hydrogens is 314 g/mol. The van der Waals surface area contributed by atoms with E-state index >= 15 is 0 Å². The van der Waals surface area contributed by atoms with Gasteiger partial charge in [-0.3, -0.25) is 4.79 Å². The Kier molecular flexibility index (Phi) is 5.08. The van der Waals surface area contributed by atoms with Crippen LogP contribution in [0.15, 0.2) is 23.1 Å². The van der Waals surface area contributed by atoms with Gasteiger partial charge in [0.2, 0.25) is 15.9 Å². The molecule has 0 spiro atoms. The van der Waals surface area contributed by atoms with E-state index < -0.39 is 10.0 Å². The van der Waals surface area contributed by atoms with Crippen LogP contribution >= 0.6 is 11.6 Å². The first-order valence-corrected chi connectivity index (χ1v) is 8.59. The Morgan fingerprint density at radius 1 is 1.29 bits per heavy atom. The van der Waals surface area contributed by atoms with Crippen LogP contribution in [-0.4, -0.2) is 38.9 Å². The molecule has 116 valence electrons. The fourth-order valence-corrected chi connectivity index (χ4v) is 3.75. The van der Waals surface area contributed by atoms with Crippen LogP contribution in [0.25, 0.3) is 0 Å². The van der Waals surface area contributed by atoms with Gasteiger partial charge in [-0.2, -0.15) is 0 Å². The molecule has 1 aliphatic heterocycles. The number of carbonyl (C=O) groups excluding carboxylic acids is 1. The Balaban J connectivity index is 2.02. The number of halogens is 1. The van der Waals surface area contributed by atoms with Crippen molar-refractivity contribution in [1.82, 2.24) is 9.62 Å². The van der Waals surface area contributed by atoms with Crippen molar-refractivity contribution in [3.8, 4) is 0 Å². The Bertz CT molecular complexity index is 628. The molecular formula is C13H18ClN3O3S. The van der Waals surface area contributed by atoms with Crippen molar-refractivity contribution in [1.29, 1.82) is 0 Å². The van der Waals surface area contributed by atoms with E-state index in [1.54, 1.807) is 4.90 Å². The van der Waals surface area contributed by atoms with E-state index in [1.165, 1.54) is 18.2 Å². The van der Waals surface area contributed by atoms with Crippen molar-refractivity contribution in [3.63, 3.8) is 0 Å². The second-order valence-corrected chi connectivity index (χ2v) is 7.10. The van der Waals surface area contributed by atoms with E-state index in [-0.39, 0.29) is 22.4 Å². The Labute approximate surface area is 129 Å². The zero-order valence-electron chi connectivity index (χ0n) is 11.5. The summed E-state index contributed by atoms with van der Waals surface area (Å²) in [6, 6.07) is 4.14. The lowest BCUT2D eigenvalue weighted by Crippen LogP contribution is -2.42. The summed E-state index contributed by atoms with van der Waals surface area (Å²) in [5.74, 6) is -0.218. The van der Waals surface area contributed by atoms with Crippen LogP contribution in [0.2, 0.25) is 5.02 Å². The fraction of sp³-hybridized carbons (Fsp3) is 0.462. The number of nitrogens with zero attached hydrogens (tertiary/aromatic N) is 1. The molecule has 1 fully saturated rings. The van der Waals surface area contributed by atoms with Crippen LogP contribution in [0.1, 0.15) is 19.3 Å². The first-order valence-electron chi connectivity index (χ1n) is 6.72. The van der Waals surface area contributed by atoms with E-state index in [2.05, 4.69) is 4.72 Å². The average molecular weight is 332 g/mol. The normalized spacial score (nSPS) is 16.0. The number of sulfonamides is 1. The highest BCUT2D eigenvalue weighted by atomic mass is 35.5. The van der Waals surface area contributed by atoms with E-state index in [1.807, 2.05) is 0 Å². The topological polar surface area (TPSA) is 92.5 Å². The number of benzene rings is 1. The minimum atomic E-state index is -3.83. The number of hydrogen-bond donors (Lipinski definition) is 2. The molecule has 6 nitrogen and oxygen atoms in total. The molecule has 2 rings (SSSR count). The number of hydrogen-bond acceptors (Lipinski definition) is 4. The van der Waals surface area contributed by atoms with Crippen LogP contribution in [-0.2, 0) is 14.8 Å². The third-order valence-corrected chi connectivity index (χ3v) is 5.25. The quantitative estimate of drug-likeness (QED) is 0.811. The summed E-state index contributed by atoms with van der Waals surface area (Å²) in [6.07, 6.45) is 3.03. The Hall–Kier alpha value is -1.31. The van der Waals surface area contributed by atoms with Gasteiger partial charge in [0, 0.05) is 18.8 Å².